The lowest BCUT2D eigenvalue weighted by molar-refractivity contribution is 0.566. The third-order valence-electron chi connectivity index (χ3n) is 4.56. The summed E-state index contributed by atoms with van der Waals surface area (Å²) < 4.78 is 5.45. The SMILES string of the molecule is Cc1nc2ccccc2c(=O)n1Cn1cnc2c(=O)n(C)c(=O)n(C)c21. The van der Waals surface area contributed by atoms with Gasteiger partial charge in [-0.05, 0) is 19.1 Å². The van der Waals surface area contributed by atoms with Crippen molar-refractivity contribution in [3.05, 3.63) is 67.6 Å². The maximum Gasteiger partial charge on any atom is 0.332 e. The van der Waals surface area contributed by atoms with Gasteiger partial charge >= 0.3 is 5.69 Å². The van der Waals surface area contributed by atoms with Gasteiger partial charge in [-0.25, -0.2) is 14.8 Å². The molecule has 0 fully saturated rings. The molecule has 9 heteroatoms. The lowest BCUT2D eigenvalue weighted by atomic mass is 10.2. The fourth-order valence-electron chi connectivity index (χ4n) is 3.14. The molecule has 0 amide bonds. The van der Waals surface area contributed by atoms with Crippen molar-refractivity contribution in [3.63, 3.8) is 0 Å². The lowest BCUT2D eigenvalue weighted by Gasteiger charge is -2.13. The number of imidazole rings is 1. The topological polar surface area (TPSA) is 96.7 Å². The van der Waals surface area contributed by atoms with E-state index in [4.69, 9.17) is 0 Å². The first-order valence-corrected chi connectivity index (χ1v) is 7.97. The first-order valence-electron chi connectivity index (χ1n) is 7.97. The summed E-state index contributed by atoms with van der Waals surface area (Å²) in [5.41, 5.74) is 0.0471. The normalized spacial score (nSPS) is 11.5. The largest absolute Gasteiger partial charge is 0.332 e. The van der Waals surface area contributed by atoms with E-state index >= 15 is 0 Å². The van der Waals surface area contributed by atoms with Crippen LogP contribution in [0.4, 0.5) is 0 Å². The van der Waals surface area contributed by atoms with Crippen LogP contribution in [-0.4, -0.2) is 28.2 Å². The Hall–Kier alpha value is -3.49. The molecule has 0 unspecified atom stereocenters. The maximum absolute atomic E-state index is 12.8. The summed E-state index contributed by atoms with van der Waals surface area (Å²) in [4.78, 5) is 45.9. The van der Waals surface area contributed by atoms with Crippen LogP contribution in [0.25, 0.3) is 22.1 Å². The standard InChI is InChI=1S/C17H16N6O3/c1-10-19-12-7-5-4-6-11(12)15(24)23(10)9-22-8-18-13-14(22)20(2)17(26)21(3)16(13)25/h4-8H,9H2,1-3H3. The van der Waals surface area contributed by atoms with E-state index < -0.39 is 11.2 Å². The molecule has 0 aliphatic carbocycles. The van der Waals surface area contributed by atoms with Crippen LogP contribution in [0.3, 0.4) is 0 Å². The van der Waals surface area contributed by atoms with E-state index in [0.717, 1.165) is 4.57 Å². The van der Waals surface area contributed by atoms with Crippen LogP contribution in [0.1, 0.15) is 5.82 Å². The fraction of sp³-hybridized carbons (Fsp3) is 0.235. The Morgan fingerprint density at radius 1 is 1.00 bits per heavy atom. The highest BCUT2D eigenvalue weighted by Gasteiger charge is 2.15. The first kappa shape index (κ1) is 16.0. The Labute approximate surface area is 146 Å². The van der Waals surface area contributed by atoms with Crippen molar-refractivity contribution < 1.29 is 0 Å². The quantitative estimate of drug-likeness (QED) is 0.504. The molecule has 3 heterocycles. The second-order valence-electron chi connectivity index (χ2n) is 6.14. The van der Waals surface area contributed by atoms with Crippen LogP contribution >= 0.6 is 0 Å². The molecule has 4 rings (SSSR count). The second-order valence-corrected chi connectivity index (χ2v) is 6.14. The van der Waals surface area contributed by atoms with Crippen LogP contribution in [0.2, 0.25) is 0 Å². The van der Waals surface area contributed by atoms with Gasteiger partial charge < -0.3 is 0 Å². The highest BCUT2D eigenvalue weighted by Crippen LogP contribution is 2.10. The van der Waals surface area contributed by atoms with Crippen LogP contribution in [0.5, 0.6) is 0 Å². The molecule has 3 aromatic heterocycles. The molecule has 0 saturated heterocycles. The van der Waals surface area contributed by atoms with Crippen molar-refractivity contribution in [1.29, 1.82) is 0 Å². The second kappa shape index (κ2) is 5.51. The molecule has 0 aliphatic rings. The monoisotopic (exact) mass is 352 g/mol. The van der Waals surface area contributed by atoms with Gasteiger partial charge in [-0.3, -0.25) is 27.9 Å². The van der Waals surface area contributed by atoms with E-state index in [9.17, 15) is 14.4 Å². The minimum atomic E-state index is -0.470. The Kier molecular flexibility index (Phi) is 3.39. The molecule has 132 valence electrons. The van der Waals surface area contributed by atoms with Crippen molar-refractivity contribution in [3.8, 4) is 0 Å². The predicted molar refractivity (Wildman–Crippen MR) is 96.4 cm³/mol. The molecule has 9 nitrogen and oxygen atoms in total. The smallest absolute Gasteiger partial charge is 0.297 e. The Bertz CT molecular complexity index is 1360. The fourth-order valence-corrected chi connectivity index (χ4v) is 3.14. The van der Waals surface area contributed by atoms with Gasteiger partial charge in [0.05, 0.1) is 17.2 Å². The summed E-state index contributed by atoms with van der Waals surface area (Å²) in [5, 5.41) is 0.507. The van der Waals surface area contributed by atoms with Crippen molar-refractivity contribution in [2.45, 2.75) is 13.6 Å². The van der Waals surface area contributed by atoms with Gasteiger partial charge in [0.15, 0.2) is 11.2 Å². The molecule has 0 spiro atoms. The van der Waals surface area contributed by atoms with Crippen molar-refractivity contribution in [2.75, 3.05) is 0 Å². The van der Waals surface area contributed by atoms with Crippen molar-refractivity contribution in [1.82, 2.24) is 28.2 Å². The van der Waals surface area contributed by atoms with Gasteiger partial charge in [0, 0.05) is 14.1 Å². The molecule has 26 heavy (non-hydrogen) atoms. The van der Waals surface area contributed by atoms with Crippen molar-refractivity contribution in [2.24, 2.45) is 14.1 Å². The van der Waals surface area contributed by atoms with Gasteiger partial charge in [0.2, 0.25) is 0 Å². The molecule has 0 N–H and O–H groups in total. The highest BCUT2D eigenvalue weighted by molar-refractivity contribution is 5.77. The van der Waals surface area contributed by atoms with Crippen LogP contribution in [0, 0.1) is 6.92 Å². The summed E-state index contributed by atoms with van der Waals surface area (Å²) >= 11 is 0. The number of aromatic nitrogens is 6. The van der Waals surface area contributed by atoms with E-state index in [-0.39, 0.29) is 17.7 Å². The van der Waals surface area contributed by atoms with E-state index in [1.807, 2.05) is 6.07 Å². The summed E-state index contributed by atoms with van der Waals surface area (Å²) in [7, 11) is 2.97. The number of hydrogen-bond donors (Lipinski definition) is 0. The average molecular weight is 352 g/mol. The van der Waals surface area contributed by atoms with Gasteiger partial charge in [-0.15, -0.1) is 0 Å². The van der Waals surface area contributed by atoms with Crippen LogP contribution in [0.15, 0.2) is 45.0 Å². The average Bonchev–Trinajstić information content (AvgIpc) is 3.05. The molecule has 0 radical (unpaired) electrons. The molecule has 4 aromatic rings. The lowest BCUT2D eigenvalue weighted by Crippen LogP contribution is -2.37. The summed E-state index contributed by atoms with van der Waals surface area (Å²) in [6, 6.07) is 7.12. The zero-order chi connectivity index (χ0) is 18.6. The summed E-state index contributed by atoms with van der Waals surface area (Å²) in [6.07, 6.45) is 1.45. The number of rotatable bonds is 2. The van der Waals surface area contributed by atoms with Crippen LogP contribution in [-0.2, 0) is 20.8 Å². The van der Waals surface area contributed by atoms with E-state index in [1.165, 1.54) is 22.5 Å². The third kappa shape index (κ3) is 2.13. The predicted octanol–water partition coefficient (Wildman–Crippen LogP) is -0.0422. The number of hydrogen-bond acceptors (Lipinski definition) is 5. The number of nitrogens with zero attached hydrogens (tertiary/aromatic N) is 6. The van der Waals surface area contributed by atoms with Crippen molar-refractivity contribution >= 4 is 22.1 Å². The minimum absolute atomic E-state index is 0.0967. The molecule has 0 aliphatic heterocycles. The number of para-hydroxylation sites is 1. The van der Waals surface area contributed by atoms with Crippen LogP contribution < -0.4 is 16.8 Å². The molecule has 0 bridgehead atoms. The minimum Gasteiger partial charge on any atom is -0.297 e. The number of benzene rings is 1. The Morgan fingerprint density at radius 2 is 1.73 bits per heavy atom. The maximum atomic E-state index is 12.8. The molecule has 0 atom stereocenters. The summed E-state index contributed by atoms with van der Waals surface area (Å²) in [6.45, 7) is 1.84. The number of aryl methyl sites for hydroxylation is 2. The Morgan fingerprint density at radius 3 is 2.50 bits per heavy atom. The van der Waals surface area contributed by atoms with Gasteiger partial charge in [-0.1, -0.05) is 12.1 Å². The molecular formula is C17H16N6O3. The highest BCUT2D eigenvalue weighted by atomic mass is 16.2. The van der Waals surface area contributed by atoms with E-state index in [2.05, 4.69) is 9.97 Å². The van der Waals surface area contributed by atoms with E-state index in [1.54, 1.807) is 36.7 Å². The zero-order valence-electron chi connectivity index (χ0n) is 14.5. The summed E-state index contributed by atoms with van der Waals surface area (Å²) in [5.74, 6) is 0.532. The third-order valence-corrected chi connectivity index (χ3v) is 4.56. The zero-order valence-corrected chi connectivity index (χ0v) is 14.5. The molecule has 1 aromatic carbocycles. The van der Waals surface area contributed by atoms with Gasteiger partial charge in [-0.2, -0.15) is 0 Å². The van der Waals surface area contributed by atoms with E-state index in [0.29, 0.717) is 22.4 Å². The molecular weight excluding hydrogens is 336 g/mol. The Balaban J connectivity index is 1.97. The van der Waals surface area contributed by atoms with Gasteiger partial charge in [0.25, 0.3) is 11.1 Å². The molecule has 0 saturated carbocycles. The first-order chi connectivity index (χ1) is 12.4. The number of fused-ring (bicyclic) bond motifs is 2. The van der Waals surface area contributed by atoms with Gasteiger partial charge in [0.1, 0.15) is 12.5 Å².